The van der Waals surface area contributed by atoms with Gasteiger partial charge in [0.25, 0.3) is 16.0 Å². The van der Waals surface area contributed by atoms with Crippen molar-refractivity contribution in [2.24, 2.45) is 5.10 Å². The first kappa shape index (κ1) is 14.6. The number of carbonyl (C=O) groups is 1. The molecule has 1 N–H and O–H groups in total. The summed E-state index contributed by atoms with van der Waals surface area (Å²) in [6.45, 7) is 1.70. The van der Waals surface area contributed by atoms with Crippen LogP contribution < -0.4 is 5.01 Å². The molecule has 0 spiro atoms. The normalized spacial score (nSPS) is 15.9. The Morgan fingerprint density at radius 2 is 1.95 bits per heavy atom. The Morgan fingerprint density at radius 3 is 2.42 bits per heavy atom. The number of halogens is 2. The maximum atomic E-state index is 11.8. The molecule has 0 unspecified atom stereocenters. The Kier molecular flexibility index (Phi) is 3.83. The minimum absolute atomic E-state index is 0.184. The van der Waals surface area contributed by atoms with Crippen molar-refractivity contribution < 1.29 is 17.8 Å². The van der Waals surface area contributed by atoms with E-state index in [1.54, 1.807) is 6.92 Å². The quantitative estimate of drug-likeness (QED) is 0.757. The fourth-order valence-corrected chi connectivity index (χ4v) is 3.96. The average Bonchev–Trinajstić information content (AvgIpc) is 2.55. The van der Waals surface area contributed by atoms with Crippen molar-refractivity contribution in [3.05, 3.63) is 21.1 Å². The van der Waals surface area contributed by atoms with Gasteiger partial charge in [-0.05, 0) is 50.9 Å². The van der Waals surface area contributed by atoms with Crippen LogP contribution in [0.4, 0.5) is 5.69 Å². The molecule has 0 aromatic heterocycles. The number of hydrazone groups is 1. The summed E-state index contributed by atoms with van der Waals surface area (Å²) in [6.07, 6.45) is 0.184. The van der Waals surface area contributed by atoms with Crippen LogP contribution in [0.15, 0.2) is 31.1 Å². The molecule has 0 aliphatic carbocycles. The summed E-state index contributed by atoms with van der Waals surface area (Å²) in [7, 11) is -4.39. The highest BCUT2D eigenvalue weighted by molar-refractivity contribution is 9.11. The highest BCUT2D eigenvalue weighted by Gasteiger charge is 2.27. The highest BCUT2D eigenvalue weighted by atomic mass is 79.9. The van der Waals surface area contributed by atoms with Gasteiger partial charge in [0.1, 0.15) is 4.90 Å². The zero-order valence-electron chi connectivity index (χ0n) is 9.59. The molecule has 1 aromatic rings. The van der Waals surface area contributed by atoms with Crippen molar-refractivity contribution in [3.63, 3.8) is 0 Å². The van der Waals surface area contributed by atoms with E-state index in [1.807, 2.05) is 0 Å². The number of hydrogen-bond donors (Lipinski definition) is 1. The van der Waals surface area contributed by atoms with Gasteiger partial charge in [-0.1, -0.05) is 0 Å². The van der Waals surface area contributed by atoms with Crippen molar-refractivity contribution in [2.45, 2.75) is 18.2 Å². The highest BCUT2D eigenvalue weighted by Crippen LogP contribution is 2.36. The summed E-state index contributed by atoms with van der Waals surface area (Å²) in [4.78, 5) is 11.4. The molecule has 0 bridgehead atoms. The van der Waals surface area contributed by atoms with Gasteiger partial charge >= 0.3 is 0 Å². The number of benzene rings is 1. The fourth-order valence-electron chi connectivity index (χ4n) is 1.62. The molecular formula is C10H8Br2N2O4S. The maximum Gasteiger partial charge on any atom is 0.295 e. The number of hydrogen-bond acceptors (Lipinski definition) is 4. The molecule has 0 radical (unpaired) electrons. The van der Waals surface area contributed by atoms with Crippen LogP contribution in [0.1, 0.15) is 13.3 Å². The van der Waals surface area contributed by atoms with E-state index in [2.05, 4.69) is 37.0 Å². The Morgan fingerprint density at radius 1 is 1.32 bits per heavy atom. The smallest absolute Gasteiger partial charge is 0.282 e. The second-order valence-corrected chi connectivity index (χ2v) is 7.03. The topological polar surface area (TPSA) is 87.0 Å². The van der Waals surface area contributed by atoms with Gasteiger partial charge in [-0.3, -0.25) is 9.35 Å². The summed E-state index contributed by atoms with van der Waals surface area (Å²) < 4.78 is 32.3. The van der Waals surface area contributed by atoms with E-state index in [0.29, 0.717) is 10.2 Å². The molecule has 1 aliphatic heterocycles. The van der Waals surface area contributed by atoms with Gasteiger partial charge in [-0.25, -0.2) is 0 Å². The summed E-state index contributed by atoms with van der Waals surface area (Å²) in [5, 5.41) is 5.14. The Balaban J connectivity index is 2.62. The number of carbonyl (C=O) groups excluding carboxylic acids is 1. The Labute approximate surface area is 126 Å². The van der Waals surface area contributed by atoms with Crippen molar-refractivity contribution >= 4 is 59.3 Å². The predicted molar refractivity (Wildman–Crippen MR) is 76.9 cm³/mol. The Hall–Kier alpha value is -0.770. The lowest BCUT2D eigenvalue weighted by atomic mass is 10.3. The van der Waals surface area contributed by atoms with E-state index in [0.717, 1.165) is 5.01 Å². The van der Waals surface area contributed by atoms with E-state index in [1.165, 1.54) is 12.1 Å². The Bertz CT molecular complexity index is 700. The molecule has 0 saturated carbocycles. The third-order valence-electron chi connectivity index (χ3n) is 2.42. The molecule has 1 amide bonds. The average molecular weight is 412 g/mol. The van der Waals surface area contributed by atoms with Crippen LogP contribution in [0.3, 0.4) is 0 Å². The maximum absolute atomic E-state index is 11.8. The lowest BCUT2D eigenvalue weighted by Gasteiger charge is -2.15. The molecule has 9 heteroatoms. The van der Waals surface area contributed by atoms with Gasteiger partial charge in [0.05, 0.1) is 12.1 Å². The number of rotatable bonds is 2. The van der Waals surface area contributed by atoms with E-state index in [9.17, 15) is 13.2 Å². The van der Waals surface area contributed by atoms with E-state index in [4.69, 9.17) is 4.55 Å². The van der Waals surface area contributed by atoms with E-state index >= 15 is 0 Å². The summed E-state index contributed by atoms with van der Waals surface area (Å²) >= 11 is 6.28. The van der Waals surface area contributed by atoms with Crippen molar-refractivity contribution in [3.8, 4) is 0 Å². The summed E-state index contributed by atoms with van der Waals surface area (Å²) in [5.74, 6) is -0.262. The number of amides is 1. The second kappa shape index (κ2) is 4.97. The molecule has 1 aromatic carbocycles. The molecule has 1 aliphatic rings. The first-order valence-corrected chi connectivity index (χ1v) is 8.06. The van der Waals surface area contributed by atoms with Gasteiger partial charge in [0, 0.05) is 14.7 Å². The zero-order chi connectivity index (χ0) is 14.4. The van der Waals surface area contributed by atoms with Gasteiger partial charge in [0.15, 0.2) is 0 Å². The van der Waals surface area contributed by atoms with E-state index in [-0.39, 0.29) is 27.4 Å². The van der Waals surface area contributed by atoms with Crippen LogP contribution in [0.5, 0.6) is 0 Å². The van der Waals surface area contributed by atoms with Crippen molar-refractivity contribution in [1.29, 1.82) is 0 Å². The molecule has 0 saturated heterocycles. The number of anilines is 1. The van der Waals surface area contributed by atoms with Crippen LogP contribution in [0, 0.1) is 0 Å². The molecule has 0 fully saturated rings. The molecule has 2 rings (SSSR count). The standard InChI is InChI=1S/C10H8Br2N2O4S/c1-5-2-10(15)14(13-5)8-4-9(19(16,17)18)7(12)3-6(8)11/h3-4H,2H2,1H3,(H,16,17,18). The molecule has 102 valence electrons. The minimum atomic E-state index is -4.39. The summed E-state index contributed by atoms with van der Waals surface area (Å²) in [6, 6.07) is 2.62. The van der Waals surface area contributed by atoms with Gasteiger partial charge in [0.2, 0.25) is 0 Å². The molecule has 1 heterocycles. The molecular weight excluding hydrogens is 404 g/mol. The van der Waals surface area contributed by atoms with Crippen molar-refractivity contribution in [2.75, 3.05) is 5.01 Å². The lowest BCUT2D eigenvalue weighted by Crippen LogP contribution is -2.20. The lowest BCUT2D eigenvalue weighted by molar-refractivity contribution is -0.116. The summed E-state index contributed by atoms with van der Waals surface area (Å²) in [5.41, 5.74) is 0.894. The zero-order valence-corrected chi connectivity index (χ0v) is 13.6. The molecule has 6 nitrogen and oxygen atoms in total. The largest absolute Gasteiger partial charge is 0.295 e. The first-order chi connectivity index (χ1) is 8.70. The molecule has 0 atom stereocenters. The van der Waals surface area contributed by atoms with Gasteiger partial charge < -0.3 is 0 Å². The van der Waals surface area contributed by atoms with Crippen LogP contribution >= 0.6 is 31.9 Å². The molecule has 19 heavy (non-hydrogen) atoms. The predicted octanol–water partition coefficient (Wildman–Crippen LogP) is 2.57. The van der Waals surface area contributed by atoms with Gasteiger partial charge in [-0.2, -0.15) is 18.5 Å². The first-order valence-electron chi connectivity index (χ1n) is 5.03. The number of nitrogens with zero attached hydrogens (tertiary/aromatic N) is 2. The monoisotopic (exact) mass is 410 g/mol. The van der Waals surface area contributed by atoms with Crippen LogP contribution in [-0.4, -0.2) is 24.6 Å². The van der Waals surface area contributed by atoms with Crippen LogP contribution in [0.25, 0.3) is 0 Å². The second-order valence-electron chi connectivity index (χ2n) is 3.93. The fraction of sp³-hybridized carbons (Fsp3) is 0.200. The van der Waals surface area contributed by atoms with Crippen LogP contribution in [0.2, 0.25) is 0 Å². The van der Waals surface area contributed by atoms with Gasteiger partial charge in [-0.15, -0.1) is 0 Å². The SMILES string of the molecule is CC1=NN(c2cc(S(=O)(=O)O)c(Br)cc2Br)C(=O)C1. The van der Waals surface area contributed by atoms with Crippen LogP contribution in [-0.2, 0) is 14.9 Å². The third-order valence-corrected chi connectivity index (χ3v) is 4.87. The van der Waals surface area contributed by atoms with E-state index < -0.39 is 10.1 Å². The van der Waals surface area contributed by atoms with Crippen molar-refractivity contribution in [1.82, 2.24) is 0 Å². The third kappa shape index (κ3) is 2.88. The minimum Gasteiger partial charge on any atom is -0.282 e.